The lowest BCUT2D eigenvalue weighted by Crippen LogP contribution is -2.33. The molecule has 3 aromatic rings. The normalized spacial score (nSPS) is 14.8. The number of hydrogen-bond acceptors (Lipinski definition) is 5. The lowest BCUT2D eigenvalue weighted by molar-refractivity contribution is -0.128. The Morgan fingerprint density at radius 1 is 1.03 bits per heavy atom. The van der Waals surface area contributed by atoms with Crippen LogP contribution < -0.4 is 0 Å². The molecule has 1 aliphatic rings. The molecule has 5 nitrogen and oxygen atoms in total. The van der Waals surface area contributed by atoms with E-state index in [1.807, 2.05) is 19.1 Å². The van der Waals surface area contributed by atoms with Gasteiger partial charge >= 0.3 is 0 Å². The maximum absolute atomic E-state index is 13.8. The minimum absolute atomic E-state index is 0.174. The van der Waals surface area contributed by atoms with Crippen molar-refractivity contribution in [2.45, 2.75) is 32.8 Å². The van der Waals surface area contributed by atoms with E-state index in [0.29, 0.717) is 11.3 Å². The third-order valence-corrected chi connectivity index (χ3v) is 5.35. The zero-order valence-electron chi connectivity index (χ0n) is 17.8. The smallest absolute Gasteiger partial charge is 0.230 e. The summed E-state index contributed by atoms with van der Waals surface area (Å²) in [4.78, 5) is 34.3. The fraction of sp³-hybridized carbons (Fsp3) is 0.200. The predicted molar refractivity (Wildman–Crippen MR) is 116 cm³/mol. The number of ketones is 2. The summed E-state index contributed by atoms with van der Waals surface area (Å²) < 4.78 is 27.7. The molecular formula is C25H20F2N2O3. The van der Waals surface area contributed by atoms with E-state index in [4.69, 9.17) is 4.84 Å². The highest BCUT2D eigenvalue weighted by molar-refractivity contribution is 6.49. The van der Waals surface area contributed by atoms with Crippen LogP contribution in [0.4, 0.5) is 8.78 Å². The van der Waals surface area contributed by atoms with Crippen molar-refractivity contribution >= 4 is 17.3 Å². The van der Waals surface area contributed by atoms with Crippen LogP contribution in [0.1, 0.15) is 41.0 Å². The minimum Gasteiger partial charge on any atom is -0.381 e. The van der Waals surface area contributed by atoms with Gasteiger partial charge in [-0.15, -0.1) is 0 Å². The molecule has 7 heteroatoms. The predicted octanol–water partition coefficient (Wildman–Crippen LogP) is 4.84. The van der Waals surface area contributed by atoms with Gasteiger partial charge in [-0.1, -0.05) is 29.4 Å². The summed E-state index contributed by atoms with van der Waals surface area (Å²) in [6.07, 6.45) is 1.39. The van der Waals surface area contributed by atoms with Crippen molar-refractivity contribution in [2.24, 2.45) is 5.16 Å². The van der Waals surface area contributed by atoms with Crippen LogP contribution in [0.3, 0.4) is 0 Å². The van der Waals surface area contributed by atoms with E-state index in [2.05, 4.69) is 10.1 Å². The van der Waals surface area contributed by atoms with Crippen molar-refractivity contribution in [3.8, 4) is 11.1 Å². The Hall–Kier alpha value is -3.74. The average Bonchev–Trinajstić information content (AvgIpc) is 3.01. The molecule has 2 aromatic carbocycles. The molecule has 2 heterocycles. The number of Topliss-reactive ketones (excluding diaryl/α,β-unsaturated/α-hetero) is 2. The zero-order chi connectivity index (χ0) is 23.0. The number of hydrogen-bond donors (Lipinski definition) is 0. The van der Waals surface area contributed by atoms with Crippen molar-refractivity contribution in [1.29, 1.82) is 0 Å². The Labute approximate surface area is 183 Å². The van der Waals surface area contributed by atoms with Crippen molar-refractivity contribution in [3.63, 3.8) is 0 Å². The number of benzene rings is 2. The fourth-order valence-corrected chi connectivity index (χ4v) is 3.55. The summed E-state index contributed by atoms with van der Waals surface area (Å²) in [5.74, 6) is -2.62. The van der Waals surface area contributed by atoms with E-state index in [-0.39, 0.29) is 17.9 Å². The fourth-order valence-electron chi connectivity index (χ4n) is 3.55. The molecule has 32 heavy (non-hydrogen) atoms. The van der Waals surface area contributed by atoms with E-state index in [9.17, 15) is 18.4 Å². The van der Waals surface area contributed by atoms with Gasteiger partial charge in [0.05, 0.1) is 12.0 Å². The van der Waals surface area contributed by atoms with E-state index < -0.39 is 28.6 Å². The molecule has 1 aromatic heterocycles. The standard InChI is InChI=1S/C25H20F2N2O3/c1-14-11-15(23-24(31)25(2,3)32-29-23)8-10-18(14)16-7-9-17(28-13-16)12-21(30)22-19(26)5-4-6-20(22)27/h4-11,13H,12H2,1-3H3. The summed E-state index contributed by atoms with van der Waals surface area (Å²) in [5, 5.41) is 3.93. The van der Waals surface area contributed by atoms with Crippen LogP contribution in [-0.2, 0) is 16.1 Å². The van der Waals surface area contributed by atoms with Gasteiger partial charge in [-0.2, -0.15) is 0 Å². The molecule has 0 bridgehead atoms. The molecule has 162 valence electrons. The molecule has 0 amide bonds. The minimum atomic E-state index is -0.968. The second-order valence-corrected chi connectivity index (χ2v) is 8.14. The van der Waals surface area contributed by atoms with Crippen molar-refractivity contribution < 1.29 is 23.2 Å². The third kappa shape index (κ3) is 3.93. The molecule has 0 atom stereocenters. The highest BCUT2D eigenvalue weighted by atomic mass is 19.1. The molecule has 1 aliphatic heterocycles. The molecule has 0 saturated carbocycles. The Morgan fingerprint density at radius 3 is 2.28 bits per heavy atom. The molecular weight excluding hydrogens is 414 g/mol. The molecule has 0 radical (unpaired) electrons. The summed E-state index contributed by atoms with van der Waals surface area (Å²) in [5.41, 5.74) is 2.44. The number of oxime groups is 1. The van der Waals surface area contributed by atoms with Crippen LogP contribution in [-0.4, -0.2) is 27.9 Å². The van der Waals surface area contributed by atoms with Crippen LogP contribution in [0.2, 0.25) is 0 Å². The van der Waals surface area contributed by atoms with Gasteiger partial charge < -0.3 is 4.84 Å². The summed E-state index contributed by atoms with van der Waals surface area (Å²) in [6, 6.07) is 12.3. The Morgan fingerprint density at radius 2 is 1.72 bits per heavy atom. The highest BCUT2D eigenvalue weighted by Crippen LogP contribution is 2.27. The number of aryl methyl sites for hydroxylation is 1. The number of carbonyl (C=O) groups is 2. The van der Waals surface area contributed by atoms with Gasteiger partial charge in [-0.25, -0.2) is 8.78 Å². The number of aromatic nitrogens is 1. The number of rotatable bonds is 5. The van der Waals surface area contributed by atoms with Crippen LogP contribution in [0.5, 0.6) is 0 Å². The van der Waals surface area contributed by atoms with Gasteiger partial charge in [-0.05, 0) is 56.2 Å². The number of carbonyl (C=O) groups excluding carboxylic acids is 2. The largest absolute Gasteiger partial charge is 0.381 e. The Kier molecular flexibility index (Phi) is 5.42. The van der Waals surface area contributed by atoms with Crippen molar-refractivity contribution in [2.75, 3.05) is 0 Å². The number of nitrogens with zero attached hydrogens (tertiary/aromatic N) is 2. The van der Waals surface area contributed by atoms with Gasteiger partial charge in [-0.3, -0.25) is 14.6 Å². The molecule has 0 N–H and O–H groups in total. The quantitative estimate of drug-likeness (QED) is 0.539. The Bertz CT molecular complexity index is 1240. The average molecular weight is 434 g/mol. The lowest BCUT2D eigenvalue weighted by atomic mass is 9.93. The molecule has 0 unspecified atom stereocenters. The van der Waals surface area contributed by atoms with Gasteiger partial charge in [0.15, 0.2) is 17.1 Å². The van der Waals surface area contributed by atoms with E-state index in [0.717, 1.165) is 28.8 Å². The summed E-state index contributed by atoms with van der Waals surface area (Å²) in [7, 11) is 0. The number of pyridine rings is 1. The van der Waals surface area contributed by atoms with Crippen LogP contribution >= 0.6 is 0 Å². The topological polar surface area (TPSA) is 68.6 Å². The summed E-state index contributed by atoms with van der Waals surface area (Å²) in [6.45, 7) is 5.25. The second-order valence-electron chi connectivity index (χ2n) is 8.14. The third-order valence-electron chi connectivity index (χ3n) is 5.35. The van der Waals surface area contributed by atoms with Crippen molar-refractivity contribution in [1.82, 2.24) is 4.98 Å². The SMILES string of the molecule is Cc1cc(C2=NOC(C)(C)C2=O)ccc1-c1ccc(CC(=O)c2c(F)cccc2F)nc1. The first kappa shape index (κ1) is 21.5. The van der Waals surface area contributed by atoms with E-state index in [1.165, 1.54) is 6.07 Å². The first-order valence-electron chi connectivity index (χ1n) is 10.0. The first-order chi connectivity index (χ1) is 15.2. The van der Waals surface area contributed by atoms with E-state index >= 15 is 0 Å². The molecule has 4 rings (SSSR count). The molecule has 0 saturated heterocycles. The molecule has 0 spiro atoms. The lowest BCUT2D eigenvalue weighted by Gasteiger charge is -2.12. The zero-order valence-corrected chi connectivity index (χ0v) is 17.8. The molecule has 0 fully saturated rings. The maximum Gasteiger partial charge on any atom is 0.230 e. The first-order valence-corrected chi connectivity index (χ1v) is 10.0. The van der Waals surface area contributed by atoms with E-state index in [1.54, 1.807) is 38.2 Å². The van der Waals surface area contributed by atoms with Crippen LogP contribution in [0.25, 0.3) is 11.1 Å². The monoisotopic (exact) mass is 434 g/mol. The maximum atomic E-state index is 13.8. The van der Waals surface area contributed by atoms with Gasteiger partial charge in [0.1, 0.15) is 11.6 Å². The van der Waals surface area contributed by atoms with Crippen molar-refractivity contribution in [3.05, 3.63) is 88.7 Å². The molecule has 0 aliphatic carbocycles. The number of halogens is 2. The van der Waals surface area contributed by atoms with Gasteiger partial charge in [0.2, 0.25) is 5.78 Å². The second kappa shape index (κ2) is 8.07. The van der Waals surface area contributed by atoms with Gasteiger partial charge in [0.25, 0.3) is 0 Å². The summed E-state index contributed by atoms with van der Waals surface area (Å²) >= 11 is 0. The van der Waals surface area contributed by atoms with Crippen LogP contribution in [0, 0.1) is 18.6 Å². The highest BCUT2D eigenvalue weighted by Gasteiger charge is 2.40. The van der Waals surface area contributed by atoms with Crippen LogP contribution in [0.15, 0.2) is 59.9 Å². The Balaban J connectivity index is 1.53. The van der Waals surface area contributed by atoms with Gasteiger partial charge in [0, 0.05) is 23.0 Å².